The van der Waals surface area contributed by atoms with Crippen molar-refractivity contribution in [3.05, 3.63) is 40.3 Å². The summed E-state index contributed by atoms with van der Waals surface area (Å²) in [6.45, 7) is 1.78. The number of carboxylic acids is 1. The predicted octanol–water partition coefficient (Wildman–Crippen LogP) is 0.520. The van der Waals surface area contributed by atoms with Crippen LogP contribution in [0.4, 0.5) is 0 Å². The molecule has 1 aliphatic heterocycles. The number of rotatable bonds is 6. The minimum absolute atomic E-state index is 0.0303. The van der Waals surface area contributed by atoms with E-state index in [1.807, 2.05) is 6.92 Å². The quantitative estimate of drug-likeness (QED) is 0.739. The Hall–Kier alpha value is -2.75. The van der Waals surface area contributed by atoms with Crippen LogP contribution in [0, 0.1) is 0 Å². The third-order valence-corrected chi connectivity index (χ3v) is 6.54. The fourth-order valence-electron chi connectivity index (χ4n) is 3.49. The summed E-state index contributed by atoms with van der Waals surface area (Å²) in [5.41, 5.74) is -0.877. The van der Waals surface area contributed by atoms with Gasteiger partial charge in [0.25, 0.3) is 5.56 Å². The SMILES string of the molecule is CCCN(C(=O)Cn1nc(C(=O)O)c2ccccc2c1=O)C1CCS(=O)(=O)C1. The van der Waals surface area contributed by atoms with E-state index in [2.05, 4.69) is 5.10 Å². The van der Waals surface area contributed by atoms with Crippen molar-refractivity contribution in [1.82, 2.24) is 14.7 Å². The number of carboxylic acid groups (broad SMARTS) is 1. The highest BCUT2D eigenvalue weighted by atomic mass is 32.2. The topological polar surface area (TPSA) is 127 Å². The van der Waals surface area contributed by atoms with Crippen molar-refractivity contribution in [3.63, 3.8) is 0 Å². The Morgan fingerprint density at radius 1 is 1.29 bits per heavy atom. The molecule has 1 fully saturated rings. The number of carbonyl (C=O) groups excluding carboxylic acids is 1. The fraction of sp³-hybridized carbons (Fsp3) is 0.444. The summed E-state index contributed by atoms with van der Waals surface area (Å²) in [5.74, 6) is -1.82. The normalized spacial score (nSPS) is 18.2. The first-order chi connectivity index (χ1) is 13.2. The van der Waals surface area contributed by atoms with Gasteiger partial charge in [0.1, 0.15) is 6.54 Å². The molecule has 10 heteroatoms. The summed E-state index contributed by atoms with van der Waals surface area (Å²) < 4.78 is 24.4. The van der Waals surface area contributed by atoms with Crippen molar-refractivity contribution in [1.29, 1.82) is 0 Å². The molecule has 0 radical (unpaired) electrons. The maximum atomic E-state index is 12.9. The van der Waals surface area contributed by atoms with Crippen LogP contribution in [0.25, 0.3) is 10.8 Å². The number of amides is 1. The van der Waals surface area contributed by atoms with Gasteiger partial charge in [-0.05, 0) is 18.9 Å². The van der Waals surface area contributed by atoms with Crippen LogP contribution < -0.4 is 5.56 Å². The third kappa shape index (κ3) is 3.91. The minimum atomic E-state index is -3.18. The van der Waals surface area contributed by atoms with E-state index in [9.17, 15) is 27.9 Å². The Kier molecular flexibility index (Phi) is 5.50. The zero-order valence-corrected chi connectivity index (χ0v) is 16.2. The second kappa shape index (κ2) is 7.70. The molecule has 1 aliphatic rings. The number of sulfone groups is 1. The lowest BCUT2D eigenvalue weighted by Gasteiger charge is -2.28. The molecule has 1 aromatic carbocycles. The number of benzene rings is 1. The maximum Gasteiger partial charge on any atom is 0.357 e. The van der Waals surface area contributed by atoms with Gasteiger partial charge in [-0.2, -0.15) is 5.10 Å². The molecule has 2 aromatic rings. The Balaban J connectivity index is 1.96. The van der Waals surface area contributed by atoms with Crippen LogP contribution in [0.5, 0.6) is 0 Å². The van der Waals surface area contributed by atoms with E-state index < -0.39 is 39.9 Å². The van der Waals surface area contributed by atoms with Crippen molar-refractivity contribution in [3.8, 4) is 0 Å². The summed E-state index contributed by atoms with van der Waals surface area (Å²) in [5, 5.41) is 13.7. The second-order valence-corrected chi connectivity index (χ2v) is 9.03. The number of nitrogens with zero attached hydrogens (tertiary/aromatic N) is 3. The largest absolute Gasteiger partial charge is 0.476 e. The molecule has 0 saturated carbocycles. The van der Waals surface area contributed by atoms with E-state index in [1.165, 1.54) is 17.0 Å². The molecule has 1 N–H and O–H groups in total. The maximum absolute atomic E-state index is 12.9. The monoisotopic (exact) mass is 407 g/mol. The van der Waals surface area contributed by atoms with Crippen LogP contribution >= 0.6 is 0 Å². The summed E-state index contributed by atoms with van der Waals surface area (Å²) in [6, 6.07) is 5.75. The van der Waals surface area contributed by atoms with E-state index in [0.717, 1.165) is 4.68 Å². The molecule has 1 atom stereocenters. The molecule has 9 nitrogen and oxygen atoms in total. The first-order valence-corrected chi connectivity index (χ1v) is 10.8. The van der Waals surface area contributed by atoms with Gasteiger partial charge in [-0.3, -0.25) is 9.59 Å². The van der Waals surface area contributed by atoms with Gasteiger partial charge in [0.15, 0.2) is 15.5 Å². The van der Waals surface area contributed by atoms with Crippen molar-refractivity contribution in [2.45, 2.75) is 32.4 Å². The third-order valence-electron chi connectivity index (χ3n) is 4.79. The molecule has 1 aromatic heterocycles. The Bertz CT molecular complexity index is 1090. The molecule has 0 bridgehead atoms. The van der Waals surface area contributed by atoms with Crippen LogP contribution in [0.1, 0.15) is 30.3 Å². The Morgan fingerprint density at radius 2 is 1.96 bits per heavy atom. The molecule has 1 saturated heterocycles. The summed E-state index contributed by atoms with van der Waals surface area (Å²) in [7, 11) is -3.18. The van der Waals surface area contributed by atoms with Gasteiger partial charge in [-0.25, -0.2) is 17.9 Å². The van der Waals surface area contributed by atoms with Gasteiger partial charge in [0.05, 0.1) is 16.9 Å². The molecule has 0 spiro atoms. The smallest absolute Gasteiger partial charge is 0.357 e. The average Bonchev–Trinajstić information content (AvgIpc) is 3.01. The molecule has 28 heavy (non-hydrogen) atoms. The van der Waals surface area contributed by atoms with Crippen molar-refractivity contribution < 1.29 is 23.1 Å². The molecule has 1 unspecified atom stereocenters. The summed E-state index contributed by atoms with van der Waals surface area (Å²) in [6.07, 6.45) is 0.983. The number of hydrogen-bond donors (Lipinski definition) is 1. The van der Waals surface area contributed by atoms with Gasteiger partial charge < -0.3 is 10.0 Å². The van der Waals surface area contributed by atoms with Gasteiger partial charge in [-0.15, -0.1) is 0 Å². The van der Waals surface area contributed by atoms with Gasteiger partial charge in [-0.1, -0.05) is 25.1 Å². The highest BCUT2D eigenvalue weighted by Gasteiger charge is 2.34. The number of hydrogen-bond acceptors (Lipinski definition) is 6. The van der Waals surface area contributed by atoms with Crippen molar-refractivity contribution in [2.24, 2.45) is 0 Å². The highest BCUT2D eigenvalue weighted by Crippen LogP contribution is 2.19. The van der Waals surface area contributed by atoms with Crippen LogP contribution in [0.2, 0.25) is 0 Å². The highest BCUT2D eigenvalue weighted by molar-refractivity contribution is 7.91. The lowest BCUT2D eigenvalue weighted by Crippen LogP contribution is -2.45. The van der Waals surface area contributed by atoms with Crippen LogP contribution in [-0.4, -0.2) is 64.2 Å². The number of fused-ring (bicyclic) bond motifs is 1. The molecular weight excluding hydrogens is 386 g/mol. The molecular formula is C18H21N3O6S. The van der Waals surface area contributed by atoms with Crippen LogP contribution in [0.15, 0.2) is 29.1 Å². The van der Waals surface area contributed by atoms with Gasteiger partial charge in [0, 0.05) is 18.0 Å². The minimum Gasteiger partial charge on any atom is -0.476 e. The number of carbonyl (C=O) groups is 2. The molecule has 150 valence electrons. The number of aromatic carboxylic acids is 1. The summed E-state index contributed by atoms with van der Waals surface area (Å²) >= 11 is 0. The molecule has 0 aliphatic carbocycles. The zero-order valence-electron chi connectivity index (χ0n) is 15.4. The van der Waals surface area contributed by atoms with E-state index in [4.69, 9.17) is 0 Å². The predicted molar refractivity (Wildman–Crippen MR) is 102 cm³/mol. The second-order valence-electron chi connectivity index (χ2n) is 6.81. The lowest BCUT2D eigenvalue weighted by molar-refractivity contribution is -0.134. The van der Waals surface area contributed by atoms with Crippen LogP contribution in [0.3, 0.4) is 0 Å². The van der Waals surface area contributed by atoms with Crippen LogP contribution in [-0.2, 0) is 21.2 Å². The zero-order chi connectivity index (χ0) is 20.5. The Labute approximate surface area is 161 Å². The van der Waals surface area contributed by atoms with Gasteiger partial charge >= 0.3 is 5.97 Å². The van der Waals surface area contributed by atoms with E-state index >= 15 is 0 Å². The fourth-order valence-corrected chi connectivity index (χ4v) is 5.22. The van der Waals surface area contributed by atoms with Gasteiger partial charge in [0.2, 0.25) is 5.91 Å². The molecule has 2 heterocycles. The first kappa shape index (κ1) is 20.0. The first-order valence-electron chi connectivity index (χ1n) is 8.96. The molecule has 3 rings (SSSR count). The average molecular weight is 407 g/mol. The summed E-state index contributed by atoms with van der Waals surface area (Å²) in [4.78, 5) is 38.5. The lowest BCUT2D eigenvalue weighted by atomic mass is 10.1. The van der Waals surface area contributed by atoms with E-state index in [1.54, 1.807) is 12.1 Å². The van der Waals surface area contributed by atoms with Crippen molar-refractivity contribution in [2.75, 3.05) is 18.1 Å². The Morgan fingerprint density at radius 3 is 2.54 bits per heavy atom. The van der Waals surface area contributed by atoms with E-state index in [0.29, 0.717) is 19.4 Å². The standard InChI is InChI=1S/C18H21N3O6S/c1-2-8-20(12-7-9-28(26,27)11-12)15(22)10-21-17(23)14-6-4-3-5-13(14)16(19-21)18(24)25/h3-6,12H,2,7-11H2,1H3,(H,24,25). The molecule has 1 amide bonds. The number of aromatic nitrogens is 2. The van der Waals surface area contributed by atoms with E-state index in [-0.39, 0.29) is 28.0 Å². The van der Waals surface area contributed by atoms with Crippen molar-refractivity contribution >= 4 is 32.5 Å².